The van der Waals surface area contributed by atoms with Crippen LogP contribution in [0.4, 0.5) is 0 Å². The number of aliphatic carboxylic acids is 1. The molecular weight excluding hydrogens is 278 g/mol. The Morgan fingerprint density at radius 1 is 1.25 bits per heavy atom. The second-order valence-electron chi connectivity index (χ2n) is 4.53. The van der Waals surface area contributed by atoms with Crippen molar-refractivity contribution in [2.45, 2.75) is 39.3 Å². The van der Waals surface area contributed by atoms with Gasteiger partial charge in [-0.1, -0.05) is 6.58 Å². The number of nitrogens with one attached hydrogen (secondary N) is 1. The topological polar surface area (TPSA) is 84.9 Å². The van der Waals surface area contributed by atoms with E-state index in [-0.39, 0.29) is 12.0 Å². The van der Waals surface area contributed by atoms with E-state index in [0.717, 1.165) is 12.5 Å². The number of carbonyl (C=O) groups is 2. The van der Waals surface area contributed by atoms with Crippen LogP contribution in [0.25, 0.3) is 0 Å². The zero-order valence-electron chi connectivity index (χ0n) is 12.5. The molecule has 0 spiro atoms. The number of rotatable bonds is 11. The third-order valence-electron chi connectivity index (χ3n) is 2.68. The van der Waals surface area contributed by atoms with Crippen LogP contribution in [0.2, 0.25) is 12.6 Å². The third-order valence-corrected chi connectivity index (χ3v) is 5.74. The summed E-state index contributed by atoms with van der Waals surface area (Å²) in [7, 11) is -2.14. The van der Waals surface area contributed by atoms with Crippen LogP contribution in [-0.4, -0.2) is 45.3 Å². The second-order valence-corrected chi connectivity index (χ2v) is 7.88. The van der Waals surface area contributed by atoms with Gasteiger partial charge in [-0.05, 0) is 32.9 Å². The largest absolute Gasteiger partial charge is 0.481 e. The van der Waals surface area contributed by atoms with Gasteiger partial charge in [0.05, 0.1) is 6.42 Å². The van der Waals surface area contributed by atoms with Crippen LogP contribution >= 0.6 is 0 Å². The van der Waals surface area contributed by atoms with Crippen LogP contribution in [0, 0.1) is 0 Å². The molecule has 0 radical (unpaired) electrons. The lowest BCUT2D eigenvalue weighted by molar-refractivity contribution is -0.137. The minimum absolute atomic E-state index is 0.0622. The molecular formula is C13H25NO5Si. The molecule has 0 rings (SSSR count). The van der Waals surface area contributed by atoms with E-state index in [9.17, 15) is 9.59 Å². The number of carboxylic acid groups (broad SMARTS) is 1. The highest BCUT2D eigenvalue weighted by Crippen LogP contribution is 2.15. The molecule has 0 saturated carbocycles. The van der Waals surface area contributed by atoms with E-state index < -0.39 is 20.4 Å². The maximum Gasteiger partial charge on any atom is 0.334 e. The Hall–Kier alpha value is -1.18. The van der Waals surface area contributed by atoms with Crippen LogP contribution in [0.5, 0.6) is 0 Å². The van der Waals surface area contributed by atoms with Crippen LogP contribution in [0.15, 0.2) is 12.2 Å². The summed E-state index contributed by atoms with van der Waals surface area (Å²) in [6.07, 6.45) is 0.394. The number of carbonyl (C=O) groups excluding carboxylic acids is 1. The van der Waals surface area contributed by atoms with Gasteiger partial charge in [-0.15, -0.1) is 0 Å². The van der Waals surface area contributed by atoms with Crippen molar-refractivity contribution in [2.75, 3.05) is 19.8 Å². The van der Waals surface area contributed by atoms with Crippen molar-refractivity contribution < 1.29 is 23.5 Å². The molecule has 2 N–H and O–H groups in total. The maximum absolute atomic E-state index is 11.5. The molecule has 0 aromatic heterocycles. The average Bonchev–Trinajstić information content (AvgIpc) is 2.34. The Bertz CT molecular complexity index is 340. The van der Waals surface area contributed by atoms with Crippen molar-refractivity contribution in [3.63, 3.8) is 0 Å². The van der Waals surface area contributed by atoms with Gasteiger partial charge in [-0.25, -0.2) is 0 Å². The molecule has 7 heteroatoms. The number of hydrogen-bond donors (Lipinski definition) is 2. The van der Waals surface area contributed by atoms with E-state index in [1.54, 1.807) is 0 Å². The first-order chi connectivity index (χ1) is 9.34. The summed E-state index contributed by atoms with van der Waals surface area (Å²) in [5.41, 5.74) is 0.0622. The predicted octanol–water partition coefficient (Wildman–Crippen LogP) is 1.67. The van der Waals surface area contributed by atoms with Gasteiger partial charge in [-0.2, -0.15) is 0 Å². The molecule has 0 unspecified atom stereocenters. The minimum Gasteiger partial charge on any atom is -0.481 e. The van der Waals surface area contributed by atoms with Gasteiger partial charge in [0.1, 0.15) is 0 Å². The summed E-state index contributed by atoms with van der Waals surface area (Å²) in [5.74, 6) is -1.47. The predicted molar refractivity (Wildman–Crippen MR) is 78.7 cm³/mol. The van der Waals surface area contributed by atoms with Gasteiger partial charge in [0, 0.05) is 25.3 Å². The Labute approximate surface area is 121 Å². The lowest BCUT2D eigenvalue weighted by Crippen LogP contribution is -2.39. The van der Waals surface area contributed by atoms with Crippen molar-refractivity contribution in [2.24, 2.45) is 0 Å². The molecule has 0 bridgehead atoms. The molecule has 0 heterocycles. The van der Waals surface area contributed by atoms with Crippen LogP contribution in [0.3, 0.4) is 0 Å². The smallest absolute Gasteiger partial charge is 0.334 e. The summed E-state index contributed by atoms with van der Waals surface area (Å²) in [4.78, 5) is 22.0. The van der Waals surface area contributed by atoms with Crippen LogP contribution < -0.4 is 5.32 Å². The van der Waals surface area contributed by atoms with Crippen molar-refractivity contribution in [3.8, 4) is 0 Å². The molecule has 0 aliphatic heterocycles. The molecule has 1 amide bonds. The van der Waals surface area contributed by atoms with Crippen LogP contribution in [-0.2, 0) is 18.4 Å². The van der Waals surface area contributed by atoms with Gasteiger partial charge < -0.3 is 19.3 Å². The number of carboxylic acids is 1. The Morgan fingerprint density at radius 3 is 2.25 bits per heavy atom. The highest BCUT2D eigenvalue weighted by atomic mass is 28.4. The molecule has 20 heavy (non-hydrogen) atoms. The molecule has 0 saturated heterocycles. The maximum atomic E-state index is 11.5. The van der Waals surface area contributed by atoms with Gasteiger partial charge >= 0.3 is 14.5 Å². The van der Waals surface area contributed by atoms with Crippen molar-refractivity contribution >= 4 is 20.4 Å². The first-order valence-electron chi connectivity index (χ1n) is 6.80. The summed E-state index contributed by atoms with van der Waals surface area (Å²) < 4.78 is 11.4. The molecule has 116 valence electrons. The average molecular weight is 303 g/mol. The minimum atomic E-state index is -2.14. The Morgan fingerprint density at radius 2 is 1.80 bits per heavy atom. The fourth-order valence-electron chi connectivity index (χ4n) is 1.80. The van der Waals surface area contributed by atoms with Gasteiger partial charge in [0.15, 0.2) is 0 Å². The molecule has 0 aromatic rings. The highest BCUT2D eigenvalue weighted by Gasteiger charge is 2.29. The van der Waals surface area contributed by atoms with E-state index in [1.807, 2.05) is 20.4 Å². The zero-order valence-corrected chi connectivity index (χ0v) is 13.5. The first-order valence-corrected chi connectivity index (χ1v) is 9.32. The van der Waals surface area contributed by atoms with Crippen molar-refractivity contribution in [3.05, 3.63) is 12.2 Å². The summed E-state index contributed by atoms with van der Waals surface area (Å²) in [6.45, 7) is 11.0. The van der Waals surface area contributed by atoms with E-state index in [1.165, 1.54) is 0 Å². The van der Waals surface area contributed by atoms with Crippen molar-refractivity contribution in [1.29, 1.82) is 0 Å². The quantitative estimate of drug-likeness (QED) is 0.344. The molecule has 0 atom stereocenters. The van der Waals surface area contributed by atoms with Gasteiger partial charge in [-0.3, -0.25) is 9.59 Å². The molecule has 0 fully saturated rings. The van der Waals surface area contributed by atoms with Crippen molar-refractivity contribution in [1.82, 2.24) is 5.32 Å². The third kappa shape index (κ3) is 8.08. The van der Waals surface area contributed by atoms with E-state index in [0.29, 0.717) is 19.8 Å². The lowest BCUT2D eigenvalue weighted by Gasteiger charge is -2.25. The molecule has 0 aliphatic rings. The molecule has 6 nitrogen and oxygen atoms in total. The lowest BCUT2D eigenvalue weighted by atomic mass is 10.2. The fraction of sp³-hybridized carbons (Fsp3) is 0.692. The highest BCUT2D eigenvalue weighted by molar-refractivity contribution is 6.66. The van der Waals surface area contributed by atoms with Gasteiger partial charge in [0.2, 0.25) is 5.91 Å². The zero-order chi connectivity index (χ0) is 15.6. The first kappa shape index (κ1) is 18.8. The SMILES string of the molecule is C=C(CC(=O)O)C(=O)NCCC[Si](C)(OCC)OCC. The molecule has 0 aliphatic carbocycles. The normalized spacial score (nSPS) is 11.2. The summed E-state index contributed by atoms with van der Waals surface area (Å²) in [5, 5.41) is 11.2. The van der Waals surface area contributed by atoms with E-state index in [2.05, 4.69) is 11.9 Å². The Kier molecular flexibility index (Phi) is 9.11. The summed E-state index contributed by atoms with van der Waals surface area (Å²) >= 11 is 0. The standard InChI is InChI=1S/C13H25NO5Si/c1-5-18-20(4,19-6-2)9-7-8-14-13(17)11(3)10-12(15)16/h3,5-10H2,1-2,4H3,(H,14,17)(H,15,16). The fourth-order valence-corrected chi connectivity index (χ4v) is 4.21. The summed E-state index contributed by atoms with van der Waals surface area (Å²) in [6, 6.07) is 0.778. The second kappa shape index (κ2) is 9.68. The number of amides is 1. The van der Waals surface area contributed by atoms with E-state index >= 15 is 0 Å². The molecule has 0 aromatic carbocycles. The van der Waals surface area contributed by atoms with Gasteiger partial charge in [0.25, 0.3) is 0 Å². The van der Waals surface area contributed by atoms with Crippen LogP contribution in [0.1, 0.15) is 26.7 Å². The Balaban J connectivity index is 4.02. The monoisotopic (exact) mass is 303 g/mol. The van der Waals surface area contributed by atoms with E-state index in [4.69, 9.17) is 14.0 Å². The number of hydrogen-bond acceptors (Lipinski definition) is 4.